The van der Waals surface area contributed by atoms with E-state index in [1.807, 2.05) is 163 Å². The molecule has 28 nitrogen and oxygen atoms in total. The average Bonchev–Trinajstić information content (AvgIpc) is 1.62. The Labute approximate surface area is 867 Å². The summed E-state index contributed by atoms with van der Waals surface area (Å²) in [5.74, 6) is 1.48. The first-order valence-corrected chi connectivity index (χ1v) is 51.6. The van der Waals surface area contributed by atoms with Crippen LogP contribution in [0.4, 0.5) is 29.9 Å². The van der Waals surface area contributed by atoms with Gasteiger partial charge >= 0.3 is 30.5 Å². The van der Waals surface area contributed by atoms with Crippen molar-refractivity contribution in [3.8, 4) is 11.5 Å². The van der Waals surface area contributed by atoms with Gasteiger partial charge in [0.2, 0.25) is 5.95 Å². The number of hydrogen-bond donors (Lipinski definition) is 7. The number of hydrogen-bond acceptors (Lipinski definition) is 17. The maximum absolute atomic E-state index is 13.2. The van der Waals surface area contributed by atoms with E-state index in [1.54, 1.807) is 60.5 Å². The molecular weight excluding hydrogens is 1940 g/mol. The highest BCUT2D eigenvalue weighted by molar-refractivity contribution is 6.33. The standard InChI is InChI=1S/C27H31ClN4O4.C23H20ClN5O3.C23H25ClN2O2.C22H23ClN2O2.C17H21ClN2O2/c1-2-36-27(34)32-11-9-21-22-17-20(28)7-8-23(22)30-24(21)25(32)18-3-5-19(6-4-18)26(33)29-10-12-31-13-15-35-16-14-31;1-31-15-3-5-16(6-4-15)32-23(30)29-9-8-17-18-10-14(24)2-7-19(18)28-20(17)21(29)13-11-26-22(25)27-12-13;1-3-28-23(27)26-12-11-18-19-14-17(24)9-10-20(19)25-22(18)21(26)13-15(2)16-7-5-4-6-8-16;1-2-27-22(26)25-13-12-17-18-14-16(23)9-10-19(18)24-21(17)20(25)11-8-15-6-4-3-5-7-15;1-3-5-15-16-12(8-9-20(15)17(21)22-4-2)13-10-11(18)6-7-14(13)19-16/h3-8,17,25,30H,2,9-16H2,1H3,(H,29,33);2-7,10-12,21,28H,8-9H2,1H3,(H2,25,26,27);4-10,14-15,21,25H,3,11-13H2,1-2H3;3-7,9-10,14,20,24H,2,8,11-13H2,1H3;6-7,10,15,19H,3-5,8-9H2,1-2H3. The molecule has 33 heteroatoms. The molecule has 15 aromatic rings. The van der Waals surface area contributed by atoms with Gasteiger partial charge in [-0.3, -0.25) is 34.2 Å². The number of morpholine rings is 1. The largest absolute Gasteiger partial charge is 0.497 e. The fourth-order valence-electron chi connectivity index (χ4n) is 20.8. The molecule has 8 N–H and O–H groups in total. The van der Waals surface area contributed by atoms with Crippen LogP contribution in [0.3, 0.4) is 0 Å². The van der Waals surface area contributed by atoms with Crippen molar-refractivity contribution >= 4 is 155 Å². The zero-order chi connectivity index (χ0) is 101. The molecule has 6 amide bonds. The average molecular weight is 2060 g/mol. The number of anilines is 1. The van der Waals surface area contributed by atoms with Crippen LogP contribution in [0.5, 0.6) is 11.5 Å². The summed E-state index contributed by atoms with van der Waals surface area (Å²) in [5.41, 5.74) is 26.9. The molecule has 6 atom stereocenters. The van der Waals surface area contributed by atoms with Gasteiger partial charge in [-0.15, -0.1) is 0 Å². The van der Waals surface area contributed by atoms with Crippen molar-refractivity contribution in [3.05, 3.63) is 322 Å². The van der Waals surface area contributed by atoms with E-state index in [4.69, 9.17) is 96.9 Å². The third-order valence-electron chi connectivity index (χ3n) is 27.7. The number of rotatable bonds is 20. The molecule has 1 fully saturated rings. The monoisotopic (exact) mass is 2060 g/mol. The first-order valence-electron chi connectivity index (χ1n) is 49.7. The molecule has 145 heavy (non-hydrogen) atoms. The zero-order valence-corrected chi connectivity index (χ0v) is 86.0. The smallest absolute Gasteiger partial charge is 0.416 e. The minimum absolute atomic E-state index is 0.0285. The summed E-state index contributed by atoms with van der Waals surface area (Å²) < 4.78 is 37.5. The van der Waals surface area contributed by atoms with E-state index in [-0.39, 0.29) is 60.4 Å². The molecule has 756 valence electrons. The lowest BCUT2D eigenvalue weighted by Crippen LogP contribution is -2.42. The highest BCUT2D eigenvalue weighted by Gasteiger charge is 2.42. The number of carbonyl (C=O) groups excluding carboxylic acids is 6. The Bertz CT molecular complexity index is 7080. The molecule has 12 heterocycles. The number of H-pyrrole nitrogens is 5. The van der Waals surface area contributed by atoms with E-state index in [0.29, 0.717) is 112 Å². The third-order valence-corrected chi connectivity index (χ3v) is 28.9. The van der Waals surface area contributed by atoms with E-state index in [2.05, 4.69) is 107 Å². The molecule has 0 spiro atoms. The summed E-state index contributed by atoms with van der Waals surface area (Å²) in [6.07, 6.45) is 10.0. The van der Waals surface area contributed by atoms with Crippen LogP contribution in [0.25, 0.3) is 54.5 Å². The Morgan fingerprint density at radius 3 is 1.23 bits per heavy atom. The number of aromatic nitrogens is 7. The SMILES string of the molecule is CCCC1c2[nH]c3ccc(Cl)cc3c2CCN1C(=O)OCC.CCOC(=O)N1CCc2c([nH]c3ccc(Cl)cc23)C1CC(C)c1ccccc1.CCOC(=O)N1CCc2c([nH]c3ccc(Cl)cc23)C1CCc1ccccc1.CCOC(=O)N1CCc2c([nH]c3ccc(Cl)cc23)C1c1ccc(C(=O)NCCN2CCOCC2)cc1.COc1ccc(OC(=O)N2CCc3c([nH]c4ccc(Cl)cc34)C2c2cnc(N)nc2)cc1. The number of aryl methyl sites for hydroxylation is 1. The Hall–Kier alpha value is -13.5. The molecule has 0 saturated carbocycles. The van der Waals surface area contributed by atoms with Crippen LogP contribution < -0.4 is 20.5 Å². The van der Waals surface area contributed by atoms with E-state index in [9.17, 15) is 28.8 Å². The van der Waals surface area contributed by atoms with Crippen LogP contribution in [-0.2, 0) is 62.2 Å². The number of methoxy groups -OCH3 is 1. The number of nitrogen functional groups attached to an aromatic ring is 1. The third kappa shape index (κ3) is 23.6. The first-order chi connectivity index (χ1) is 70.5. The summed E-state index contributed by atoms with van der Waals surface area (Å²) in [7, 11) is 1.58. The van der Waals surface area contributed by atoms with Crippen molar-refractivity contribution < 1.29 is 61.9 Å². The molecule has 6 unspecified atom stereocenters. The van der Waals surface area contributed by atoms with E-state index < -0.39 is 12.1 Å². The number of nitrogens with zero attached hydrogens (tertiary/aromatic N) is 8. The Morgan fingerprint density at radius 1 is 0.428 bits per heavy atom. The molecule has 6 aliphatic rings. The number of fused-ring (bicyclic) bond motifs is 15. The molecule has 0 radical (unpaired) electrons. The second-order valence-corrected chi connectivity index (χ2v) is 38.7. The maximum atomic E-state index is 13.2. The Balaban J connectivity index is 0.000000125. The van der Waals surface area contributed by atoms with E-state index in [1.165, 1.54) is 33.2 Å². The maximum Gasteiger partial charge on any atom is 0.416 e. The molecule has 9 aromatic carbocycles. The Morgan fingerprint density at radius 2 is 0.800 bits per heavy atom. The molecular formula is C112H120Cl5N15O13. The van der Waals surface area contributed by atoms with Crippen molar-refractivity contribution in [2.75, 3.05) is 111 Å². The van der Waals surface area contributed by atoms with Gasteiger partial charge in [-0.25, -0.2) is 33.9 Å². The number of carbonyl (C=O) groups is 6. The molecule has 0 aliphatic carbocycles. The first kappa shape index (κ1) is 103. The summed E-state index contributed by atoms with van der Waals surface area (Å²) in [6, 6.07) is 63.6. The summed E-state index contributed by atoms with van der Waals surface area (Å²) in [6.45, 7) is 20.8. The van der Waals surface area contributed by atoms with Crippen molar-refractivity contribution in [3.63, 3.8) is 0 Å². The summed E-state index contributed by atoms with van der Waals surface area (Å²) in [5, 5.41) is 12.2. The molecule has 6 aromatic heterocycles. The molecule has 1 saturated heterocycles. The zero-order valence-electron chi connectivity index (χ0n) is 82.2. The minimum atomic E-state index is -0.473. The fourth-order valence-corrected chi connectivity index (χ4v) is 21.6. The highest BCUT2D eigenvalue weighted by Crippen LogP contribution is 2.47. The van der Waals surface area contributed by atoms with Gasteiger partial charge in [-0.2, -0.15) is 0 Å². The second kappa shape index (κ2) is 47.6. The quantitative estimate of drug-likeness (QED) is 0.0349. The van der Waals surface area contributed by atoms with E-state index in [0.717, 1.165) is 199 Å². The van der Waals surface area contributed by atoms with Crippen LogP contribution in [0.15, 0.2) is 213 Å². The van der Waals surface area contributed by atoms with Crippen molar-refractivity contribution in [2.24, 2.45) is 0 Å². The number of benzene rings is 9. The van der Waals surface area contributed by atoms with E-state index >= 15 is 0 Å². The Kier molecular flexibility index (Phi) is 33.8. The molecule has 0 bridgehead atoms. The van der Waals surface area contributed by atoms with Gasteiger partial charge in [-0.05, 0) is 263 Å². The lowest BCUT2D eigenvalue weighted by Gasteiger charge is -2.36. The summed E-state index contributed by atoms with van der Waals surface area (Å²) >= 11 is 31.1. The minimum Gasteiger partial charge on any atom is -0.497 e. The lowest BCUT2D eigenvalue weighted by molar-refractivity contribution is 0.0383. The number of aromatic amines is 5. The van der Waals surface area contributed by atoms with Crippen LogP contribution in [0.2, 0.25) is 25.1 Å². The van der Waals surface area contributed by atoms with Gasteiger partial charge in [0.1, 0.15) is 23.6 Å². The topological polar surface area (TPSA) is 329 Å². The number of amides is 6. The number of halogens is 5. The predicted octanol–water partition coefficient (Wildman–Crippen LogP) is 24.6. The molecule has 21 rings (SSSR count). The number of ether oxygens (including phenoxy) is 7. The van der Waals surface area contributed by atoms with Gasteiger partial charge in [0.25, 0.3) is 5.91 Å². The second-order valence-electron chi connectivity index (χ2n) is 36.5. The predicted molar refractivity (Wildman–Crippen MR) is 569 cm³/mol. The van der Waals surface area contributed by atoms with Gasteiger partial charge in [0.05, 0.1) is 64.9 Å². The van der Waals surface area contributed by atoms with Crippen LogP contribution in [0, 0.1) is 0 Å². The van der Waals surface area contributed by atoms with Gasteiger partial charge in [0, 0.05) is 191 Å². The van der Waals surface area contributed by atoms with Crippen molar-refractivity contribution in [1.29, 1.82) is 0 Å². The van der Waals surface area contributed by atoms with Crippen LogP contribution in [-0.4, -0.2) is 206 Å². The van der Waals surface area contributed by atoms with Gasteiger partial charge in [0.15, 0.2) is 0 Å². The van der Waals surface area contributed by atoms with Gasteiger partial charge < -0.3 is 69.1 Å². The number of nitrogens with two attached hydrogens (primary N) is 1. The van der Waals surface area contributed by atoms with Crippen molar-refractivity contribution in [1.82, 2.24) is 69.6 Å². The van der Waals surface area contributed by atoms with Crippen molar-refractivity contribution in [2.45, 2.75) is 142 Å². The normalized spacial score (nSPS) is 17.0. The fraction of sp³-hybridized carbons (Fsp3) is 0.339. The van der Waals surface area contributed by atoms with Gasteiger partial charge in [-0.1, -0.05) is 151 Å². The molecule has 6 aliphatic heterocycles. The van der Waals surface area contributed by atoms with Crippen LogP contribution >= 0.6 is 58.0 Å². The number of nitrogens with one attached hydrogen (secondary N) is 6. The highest BCUT2D eigenvalue weighted by atomic mass is 35.5. The lowest BCUT2D eigenvalue weighted by atomic mass is 9.88. The summed E-state index contributed by atoms with van der Waals surface area (Å²) in [4.78, 5) is 113. The van der Waals surface area contributed by atoms with Crippen LogP contribution in [0.1, 0.15) is 192 Å².